The molecule has 0 spiro atoms. The van der Waals surface area contributed by atoms with Crippen LogP contribution in [0.3, 0.4) is 0 Å². The van der Waals surface area contributed by atoms with Crippen molar-refractivity contribution in [1.29, 1.82) is 0 Å². The highest BCUT2D eigenvalue weighted by atomic mass is 16.5. The molecule has 17 heavy (non-hydrogen) atoms. The van der Waals surface area contributed by atoms with Crippen LogP contribution in [0.2, 0.25) is 0 Å². The topological polar surface area (TPSA) is 21.3 Å². The Morgan fingerprint density at radius 1 is 1.41 bits per heavy atom. The van der Waals surface area contributed by atoms with Gasteiger partial charge in [-0.2, -0.15) is 0 Å². The second kappa shape index (κ2) is 4.43. The van der Waals surface area contributed by atoms with Crippen LogP contribution < -0.4 is 5.32 Å². The number of nitrogens with one attached hydrogen (secondary N) is 1. The minimum Gasteiger partial charge on any atom is -0.380 e. The molecule has 92 valence electrons. The third-order valence-electron chi connectivity index (χ3n) is 4.17. The van der Waals surface area contributed by atoms with Gasteiger partial charge in [-0.05, 0) is 37.3 Å². The molecule has 0 radical (unpaired) electrons. The summed E-state index contributed by atoms with van der Waals surface area (Å²) >= 11 is 0. The van der Waals surface area contributed by atoms with E-state index in [0.717, 1.165) is 19.8 Å². The second-order valence-corrected chi connectivity index (χ2v) is 5.70. The van der Waals surface area contributed by atoms with Gasteiger partial charge < -0.3 is 10.1 Å². The van der Waals surface area contributed by atoms with Crippen LogP contribution in [0, 0.1) is 0 Å². The average molecular weight is 231 g/mol. The van der Waals surface area contributed by atoms with Crippen molar-refractivity contribution >= 4 is 0 Å². The van der Waals surface area contributed by atoms with Gasteiger partial charge in [0.25, 0.3) is 0 Å². The zero-order valence-electron chi connectivity index (χ0n) is 10.5. The Hall–Kier alpha value is -0.860. The number of fused-ring (bicyclic) bond motifs is 1. The van der Waals surface area contributed by atoms with Gasteiger partial charge >= 0.3 is 0 Å². The maximum absolute atomic E-state index is 5.58. The maximum Gasteiger partial charge on any atom is 0.0645 e. The van der Waals surface area contributed by atoms with Gasteiger partial charge in [0, 0.05) is 24.6 Å². The first-order valence-electron chi connectivity index (χ1n) is 6.67. The van der Waals surface area contributed by atoms with E-state index in [4.69, 9.17) is 4.74 Å². The highest BCUT2D eigenvalue weighted by molar-refractivity contribution is 5.40. The molecule has 2 heteroatoms. The van der Waals surface area contributed by atoms with Crippen molar-refractivity contribution in [2.24, 2.45) is 0 Å². The van der Waals surface area contributed by atoms with Crippen LogP contribution in [-0.4, -0.2) is 25.3 Å². The van der Waals surface area contributed by atoms with E-state index in [-0.39, 0.29) is 5.54 Å². The Kier molecular flexibility index (Phi) is 2.93. The number of ether oxygens (including phenoxy) is 1. The summed E-state index contributed by atoms with van der Waals surface area (Å²) in [5.74, 6) is 0.713. The largest absolute Gasteiger partial charge is 0.380 e. The number of rotatable bonds is 3. The first-order valence-corrected chi connectivity index (χ1v) is 6.67. The molecule has 1 fully saturated rings. The molecule has 0 saturated carbocycles. The Balaban J connectivity index is 1.56. The molecule has 2 nitrogen and oxygen atoms in total. The molecule has 1 heterocycles. The molecule has 1 aliphatic carbocycles. The zero-order valence-corrected chi connectivity index (χ0v) is 10.5. The standard InChI is InChI=1S/C15H21NO/c1-15(7-4-8-17-11-15)16-10-13-9-12-5-2-3-6-14(12)13/h2-3,5-6,13,16H,4,7-11H2,1H3. The lowest BCUT2D eigenvalue weighted by Gasteiger charge is -2.38. The Morgan fingerprint density at radius 3 is 3.06 bits per heavy atom. The van der Waals surface area contributed by atoms with E-state index in [1.165, 1.54) is 24.8 Å². The van der Waals surface area contributed by atoms with Gasteiger partial charge in [0.15, 0.2) is 0 Å². The summed E-state index contributed by atoms with van der Waals surface area (Å²) in [7, 11) is 0. The lowest BCUT2D eigenvalue weighted by atomic mass is 9.77. The van der Waals surface area contributed by atoms with E-state index in [9.17, 15) is 0 Å². The second-order valence-electron chi connectivity index (χ2n) is 5.70. The maximum atomic E-state index is 5.58. The molecule has 0 aromatic heterocycles. The molecule has 2 unspecified atom stereocenters. The van der Waals surface area contributed by atoms with Gasteiger partial charge in [0.05, 0.1) is 6.61 Å². The molecule has 2 aliphatic rings. The van der Waals surface area contributed by atoms with Crippen molar-refractivity contribution in [3.05, 3.63) is 35.4 Å². The Labute approximate surface area is 103 Å². The fourth-order valence-corrected chi connectivity index (χ4v) is 2.99. The van der Waals surface area contributed by atoms with Crippen LogP contribution in [-0.2, 0) is 11.2 Å². The molecule has 1 saturated heterocycles. The molecule has 2 atom stereocenters. The summed E-state index contributed by atoms with van der Waals surface area (Å²) in [6, 6.07) is 8.80. The van der Waals surface area contributed by atoms with Gasteiger partial charge in [-0.25, -0.2) is 0 Å². The Bertz CT molecular complexity index is 396. The summed E-state index contributed by atoms with van der Waals surface area (Å²) in [5.41, 5.74) is 3.27. The smallest absolute Gasteiger partial charge is 0.0645 e. The highest BCUT2D eigenvalue weighted by Gasteiger charge is 2.31. The Morgan fingerprint density at radius 2 is 2.29 bits per heavy atom. The lowest BCUT2D eigenvalue weighted by Crippen LogP contribution is -2.51. The fourth-order valence-electron chi connectivity index (χ4n) is 2.99. The normalized spacial score (nSPS) is 31.7. The van der Waals surface area contributed by atoms with Crippen molar-refractivity contribution < 1.29 is 4.74 Å². The molecule has 0 amide bonds. The molecule has 3 rings (SSSR count). The van der Waals surface area contributed by atoms with Crippen LogP contribution in [0.1, 0.15) is 36.8 Å². The van der Waals surface area contributed by atoms with E-state index in [1.807, 2.05) is 0 Å². The van der Waals surface area contributed by atoms with Gasteiger partial charge in [-0.3, -0.25) is 0 Å². The van der Waals surface area contributed by atoms with E-state index >= 15 is 0 Å². The minimum atomic E-state index is 0.197. The summed E-state index contributed by atoms with van der Waals surface area (Å²) in [6.07, 6.45) is 3.66. The quantitative estimate of drug-likeness (QED) is 0.863. The highest BCUT2D eigenvalue weighted by Crippen LogP contribution is 2.34. The first-order chi connectivity index (χ1) is 8.27. The summed E-state index contributed by atoms with van der Waals surface area (Å²) in [4.78, 5) is 0. The summed E-state index contributed by atoms with van der Waals surface area (Å²) < 4.78 is 5.58. The molecule has 1 aliphatic heterocycles. The van der Waals surface area contributed by atoms with Crippen molar-refractivity contribution in [3.8, 4) is 0 Å². The number of hydrogen-bond acceptors (Lipinski definition) is 2. The van der Waals surface area contributed by atoms with E-state index in [1.54, 1.807) is 5.56 Å². The first kappa shape index (κ1) is 11.2. The van der Waals surface area contributed by atoms with Crippen molar-refractivity contribution in [1.82, 2.24) is 5.32 Å². The molecule has 0 bridgehead atoms. The molecule has 1 N–H and O–H groups in total. The van der Waals surface area contributed by atoms with Crippen LogP contribution in [0.15, 0.2) is 24.3 Å². The van der Waals surface area contributed by atoms with Crippen LogP contribution in [0.25, 0.3) is 0 Å². The van der Waals surface area contributed by atoms with Gasteiger partial charge in [-0.1, -0.05) is 24.3 Å². The average Bonchev–Trinajstić information content (AvgIpc) is 2.31. The van der Waals surface area contributed by atoms with Gasteiger partial charge in [0.2, 0.25) is 0 Å². The zero-order chi connectivity index (χ0) is 11.7. The van der Waals surface area contributed by atoms with Crippen LogP contribution in [0.5, 0.6) is 0 Å². The molecule has 1 aromatic carbocycles. The monoisotopic (exact) mass is 231 g/mol. The molecular formula is C15H21NO. The van der Waals surface area contributed by atoms with Crippen molar-refractivity contribution in [2.45, 2.75) is 37.6 Å². The lowest BCUT2D eigenvalue weighted by molar-refractivity contribution is 0.0277. The fraction of sp³-hybridized carbons (Fsp3) is 0.600. The summed E-state index contributed by atoms with van der Waals surface area (Å²) in [6.45, 7) is 5.18. The van der Waals surface area contributed by atoms with Gasteiger partial charge in [-0.15, -0.1) is 0 Å². The van der Waals surface area contributed by atoms with Crippen molar-refractivity contribution in [2.75, 3.05) is 19.8 Å². The van der Waals surface area contributed by atoms with E-state index in [0.29, 0.717) is 5.92 Å². The predicted molar refractivity (Wildman–Crippen MR) is 69.3 cm³/mol. The molecule has 1 aromatic rings. The number of hydrogen-bond donors (Lipinski definition) is 1. The minimum absolute atomic E-state index is 0.197. The van der Waals surface area contributed by atoms with E-state index < -0.39 is 0 Å². The predicted octanol–water partition coefficient (Wildman–Crippen LogP) is 2.49. The number of benzene rings is 1. The molecular weight excluding hydrogens is 210 g/mol. The third-order valence-corrected chi connectivity index (χ3v) is 4.17. The van der Waals surface area contributed by atoms with E-state index in [2.05, 4.69) is 36.5 Å². The van der Waals surface area contributed by atoms with Crippen LogP contribution >= 0.6 is 0 Å². The SMILES string of the molecule is CC1(NCC2Cc3ccccc32)CCCOC1. The third kappa shape index (κ3) is 2.24. The van der Waals surface area contributed by atoms with Gasteiger partial charge in [0.1, 0.15) is 0 Å². The van der Waals surface area contributed by atoms with Crippen molar-refractivity contribution in [3.63, 3.8) is 0 Å². The summed E-state index contributed by atoms with van der Waals surface area (Å²) in [5, 5.41) is 3.72. The van der Waals surface area contributed by atoms with Crippen LogP contribution in [0.4, 0.5) is 0 Å².